The van der Waals surface area contributed by atoms with Gasteiger partial charge in [-0.05, 0) is 41.4 Å². The smallest absolute Gasteiger partial charge is 0.183 e. The minimum Gasteiger partial charge on any atom is -0.354 e. The van der Waals surface area contributed by atoms with E-state index in [1.54, 1.807) is 0 Å². The van der Waals surface area contributed by atoms with Crippen molar-refractivity contribution in [1.82, 2.24) is 14.4 Å². The van der Waals surface area contributed by atoms with E-state index in [1.807, 2.05) is 30.3 Å². The van der Waals surface area contributed by atoms with Crippen LogP contribution in [0.1, 0.15) is 29.2 Å². The molecule has 2 aliphatic rings. The molecule has 158 valence electrons. The van der Waals surface area contributed by atoms with Crippen LogP contribution in [0.2, 0.25) is 0 Å². The van der Waals surface area contributed by atoms with E-state index in [1.165, 1.54) is 35.7 Å². The third-order valence-electron chi connectivity index (χ3n) is 6.46. The molecule has 1 aliphatic heterocycles. The van der Waals surface area contributed by atoms with Gasteiger partial charge in [-0.25, -0.2) is 0 Å². The van der Waals surface area contributed by atoms with E-state index in [0.29, 0.717) is 17.0 Å². The molecule has 6 rings (SSSR count). The summed E-state index contributed by atoms with van der Waals surface area (Å²) in [5.74, 6) is 1.51. The Morgan fingerprint density at radius 3 is 2.75 bits per heavy atom. The first-order valence-electron chi connectivity index (χ1n) is 11.0. The second kappa shape index (κ2) is 7.70. The summed E-state index contributed by atoms with van der Waals surface area (Å²) in [6.45, 7) is 5.70. The first-order chi connectivity index (χ1) is 15.7. The molecule has 4 aromatic rings. The number of rotatable bonds is 4. The molecular weight excluding hydrogens is 416 g/mol. The predicted octanol–water partition coefficient (Wildman–Crippen LogP) is 5.55. The lowest BCUT2D eigenvalue weighted by Gasteiger charge is -2.37. The molecule has 5 nitrogen and oxygen atoms in total. The molecule has 0 N–H and O–H groups in total. The lowest BCUT2D eigenvalue weighted by molar-refractivity contribution is 0.105. The van der Waals surface area contributed by atoms with E-state index >= 15 is 0 Å². The second-order valence-corrected chi connectivity index (χ2v) is 9.62. The van der Waals surface area contributed by atoms with Crippen LogP contribution in [0, 0.1) is 17.2 Å². The van der Waals surface area contributed by atoms with Crippen molar-refractivity contribution in [2.24, 2.45) is 5.92 Å². The van der Waals surface area contributed by atoms with E-state index in [-0.39, 0.29) is 0 Å². The van der Waals surface area contributed by atoms with Gasteiger partial charge in [0.2, 0.25) is 0 Å². The molecule has 1 saturated heterocycles. The lowest BCUT2D eigenvalue weighted by atomic mass is 9.87. The third kappa shape index (κ3) is 3.17. The summed E-state index contributed by atoms with van der Waals surface area (Å²) in [6, 6.07) is 18.9. The zero-order valence-electron chi connectivity index (χ0n) is 17.8. The van der Waals surface area contributed by atoms with Crippen molar-refractivity contribution in [3.63, 3.8) is 0 Å². The van der Waals surface area contributed by atoms with Crippen molar-refractivity contribution in [2.45, 2.75) is 26.3 Å². The van der Waals surface area contributed by atoms with Gasteiger partial charge in [-0.2, -0.15) is 9.64 Å². The van der Waals surface area contributed by atoms with Gasteiger partial charge in [0.05, 0.1) is 0 Å². The van der Waals surface area contributed by atoms with Gasteiger partial charge in [0.1, 0.15) is 27.9 Å². The Labute approximate surface area is 191 Å². The summed E-state index contributed by atoms with van der Waals surface area (Å²) in [5.41, 5.74) is 8.04. The van der Waals surface area contributed by atoms with Crippen LogP contribution in [0.15, 0.2) is 53.1 Å². The van der Waals surface area contributed by atoms with Crippen LogP contribution in [0.4, 0.5) is 0 Å². The summed E-state index contributed by atoms with van der Waals surface area (Å²) in [6.07, 6.45) is 1.81. The van der Waals surface area contributed by atoms with Crippen molar-refractivity contribution in [3.8, 4) is 39.2 Å². The summed E-state index contributed by atoms with van der Waals surface area (Å²) < 4.78 is 10.4. The molecule has 0 atom stereocenters. The van der Waals surface area contributed by atoms with Crippen LogP contribution >= 0.6 is 11.5 Å². The van der Waals surface area contributed by atoms with E-state index in [4.69, 9.17) is 4.52 Å². The van der Waals surface area contributed by atoms with Gasteiger partial charge < -0.3 is 4.52 Å². The molecule has 2 aromatic heterocycles. The van der Waals surface area contributed by atoms with Crippen molar-refractivity contribution in [3.05, 3.63) is 70.8 Å². The normalized spacial score (nSPS) is 15.6. The first-order valence-corrected chi connectivity index (χ1v) is 11.8. The van der Waals surface area contributed by atoms with Gasteiger partial charge in [-0.3, -0.25) is 4.90 Å². The SMILES string of the molecule is CC1CN(Cc2ccc3c(c2)CCc2c-3noc2-c2snc(-c3ccccc3)c2C#N)C1. The summed E-state index contributed by atoms with van der Waals surface area (Å²) in [5, 5.41) is 14.3. The van der Waals surface area contributed by atoms with Gasteiger partial charge in [0, 0.05) is 36.3 Å². The quantitative estimate of drug-likeness (QED) is 0.418. The minimum atomic E-state index is 0.560. The average molecular weight is 439 g/mol. The number of nitriles is 1. The van der Waals surface area contributed by atoms with E-state index in [0.717, 1.165) is 52.6 Å². The number of hydrogen-bond acceptors (Lipinski definition) is 6. The van der Waals surface area contributed by atoms with Crippen LogP contribution < -0.4 is 0 Å². The molecule has 32 heavy (non-hydrogen) atoms. The maximum Gasteiger partial charge on any atom is 0.183 e. The second-order valence-electron chi connectivity index (χ2n) is 8.84. The Bertz CT molecular complexity index is 1340. The van der Waals surface area contributed by atoms with Gasteiger partial charge >= 0.3 is 0 Å². The number of aryl methyl sites for hydroxylation is 1. The molecule has 2 aromatic carbocycles. The number of hydrogen-bond donors (Lipinski definition) is 0. The topological polar surface area (TPSA) is 66.0 Å². The standard InChI is InChI=1S/C26H22N4OS/c1-16-13-30(14-16)15-17-7-9-20-19(11-17)8-10-21-24(20)28-31-25(21)26-22(12-27)23(29-32-26)18-5-3-2-4-6-18/h2-7,9,11,16H,8,10,13-15H2,1H3. The highest BCUT2D eigenvalue weighted by atomic mass is 32.1. The van der Waals surface area contributed by atoms with Crippen LogP contribution in [-0.2, 0) is 19.4 Å². The monoisotopic (exact) mass is 438 g/mol. The number of nitrogens with zero attached hydrogens (tertiary/aromatic N) is 4. The van der Waals surface area contributed by atoms with E-state index in [2.05, 4.69) is 45.6 Å². The largest absolute Gasteiger partial charge is 0.354 e. The highest BCUT2D eigenvalue weighted by molar-refractivity contribution is 7.10. The van der Waals surface area contributed by atoms with E-state index in [9.17, 15) is 5.26 Å². The Hall–Kier alpha value is -3.27. The number of benzene rings is 2. The predicted molar refractivity (Wildman–Crippen MR) is 125 cm³/mol. The van der Waals surface area contributed by atoms with Crippen molar-refractivity contribution in [2.75, 3.05) is 13.1 Å². The summed E-state index contributed by atoms with van der Waals surface area (Å²) >= 11 is 1.31. The van der Waals surface area contributed by atoms with Gasteiger partial charge in [-0.15, -0.1) is 0 Å². The molecular formula is C26H22N4OS. The van der Waals surface area contributed by atoms with Crippen LogP contribution in [0.25, 0.3) is 33.2 Å². The number of aromatic nitrogens is 2. The molecule has 0 unspecified atom stereocenters. The van der Waals surface area contributed by atoms with Crippen molar-refractivity contribution >= 4 is 11.5 Å². The number of fused-ring (bicyclic) bond motifs is 3. The number of likely N-dealkylation sites (tertiary alicyclic amines) is 1. The zero-order chi connectivity index (χ0) is 21.7. The maximum absolute atomic E-state index is 9.90. The molecule has 3 heterocycles. The summed E-state index contributed by atoms with van der Waals surface area (Å²) in [4.78, 5) is 3.26. The Balaban J connectivity index is 1.35. The highest BCUT2D eigenvalue weighted by Gasteiger charge is 2.29. The zero-order valence-corrected chi connectivity index (χ0v) is 18.7. The fourth-order valence-electron chi connectivity index (χ4n) is 4.93. The van der Waals surface area contributed by atoms with Crippen LogP contribution in [-0.4, -0.2) is 27.5 Å². The molecule has 0 saturated carbocycles. The fourth-order valence-corrected chi connectivity index (χ4v) is 5.79. The average Bonchev–Trinajstić information content (AvgIpc) is 3.42. The van der Waals surface area contributed by atoms with Crippen molar-refractivity contribution in [1.29, 1.82) is 5.26 Å². The lowest BCUT2D eigenvalue weighted by Crippen LogP contribution is -2.44. The first kappa shape index (κ1) is 19.4. The Morgan fingerprint density at radius 1 is 1.12 bits per heavy atom. The molecule has 1 fully saturated rings. The summed E-state index contributed by atoms with van der Waals surface area (Å²) in [7, 11) is 0. The Morgan fingerprint density at radius 2 is 1.97 bits per heavy atom. The molecule has 0 radical (unpaired) electrons. The highest BCUT2D eigenvalue weighted by Crippen LogP contribution is 2.43. The van der Waals surface area contributed by atoms with Gasteiger partial charge in [-0.1, -0.05) is 60.6 Å². The molecule has 0 bridgehead atoms. The minimum absolute atomic E-state index is 0.560. The molecule has 0 amide bonds. The molecule has 0 spiro atoms. The van der Waals surface area contributed by atoms with Gasteiger partial charge in [0.15, 0.2) is 5.76 Å². The van der Waals surface area contributed by atoms with E-state index < -0.39 is 0 Å². The van der Waals surface area contributed by atoms with Crippen molar-refractivity contribution < 1.29 is 4.52 Å². The molecule has 6 heteroatoms. The molecule has 1 aliphatic carbocycles. The van der Waals surface area contributed by atoms with Crippen LogP contribution in [0.3, 0.4) is 0 Å². The third-order valence-corrected chi connectivity index (χ3v) is 7.31. The van der Waals surface area contributed by atoms with Crippen LogP contribution in [0.5, 0.6) is 0 Å². The Kier molecular flexibility index (Phi) is 4.67. The maximum atomic E-state index is 9.90. The fraction of sp³-hybridized carbons (Fsp3) is 0.269. The van der Waals surface area contributed by atoms with Gasteiger partial charge in [0.25, 0.3) is 0 Å².